The topological polar surface area (TPSA) is 77.3 Å². The highest BCUT2D eigenvalue weighted by Crippen LogP contribution is 2.32. The first-order valence-electron chi connectivity index (χ1n) is 5.37. The molecule has 0 saturated heterocycles. The second-order valence-electron chi connectivity index (χ2n) is 3.58. The molecule has 2 rings (SSSR count). The molecule has 0 spiro atoms. The summed E-state index contributed by atoms with van der Waals surface area (Å²) in [5.41, 5.74) is -0.0389. The molecule has 0 aliphatic carbocycles. The number of nitrogens with one attached hydrogen (secondary N) is 1. The summed E-state index contributed by atoms with van der Waals surface area (Å²) < 4.78 is 6.16. The van der Waals surface area contributed by atoms with Crippen molar-refractivity contribution in [3.63, 3.8) is 0 Å². The minimum Gasteiger partial charge on any atom is -0.438 e. The molecule has 0 fully saturated rings. The van der Waals surface area contributed by atoms with Gasteiger partial charge in [0, 0.05) is 19.2 Å². The van der Waals surface area contributed by atoms with E-state index in [1.165, 1.54) is 12.1 Å². The quantitative estimate of drug-likeness (QED) is 0.687. The van der Waals surface area contributed by atoms with Crippen molar-refractivity contribution in [3.05, 3.63) is 51.0 Å². The third-order valence-electron chi connectivity index (χ3n) is 2.32. The first-order valence-corrected chi connectivity index (χ1v) is 6.16. The highest BCUT2D eigenvalue weighted by molar-refractivity contribution is 9.10. The van der Waals surface area contributed by atoms with Crippen molar-refractivity contribution < 1.29 is 9.66 Å². The third-order valence-corrected chi connectivity index (χ3v) is 2.97. The van der Waals surface area contributed by atoms with Crippen LogP contribution < -0.4 is 10.1 Å². The molecule has 1 aromatic heterocycles. The van der Waals surface area contributed by atoms with Crippen molar-refractivity contribution in [2.75, 3.05) is 12.4 Å². The zero-order valence-electron chi connectivity index (χ0n) is 9.96. The molecule has 1 heterocycles. The SMILES string of the molecule is CNc1cccc(Oc2cc([N+](=O)[O-])ccc2Br)n1. The van der Waals surface area contributed by atoms with Crippen molar-refractivity contribution in [3.8, 4) is 11.6 Å². The molecule has 0 amide bonds. The molecule has 0 bridgehead atoms. The van der Waals surface area contributed by atoms with Gasteiger partial charge < -0.3 is 10.1 Å². The number of hydrogen-bond donors (Lipinski definition) is 1. The maximum absolute atomic E-state index is 10.7. The van der Waals surface area contributed by atoms with Crippen LogP contribution in [0, 0.1) is 10.1 Å². The van der Waals surface area contributed by atoms with E-state index in [0.717, 1.165) is 0 Å². The van der Waals surface area contributed by atoms with Gasteiger partial charge in [-0.2, -0.15) is 4.98 Å². The Hall–Kier alpha value is -2.15. The Morgan fingerprint density at radius 1 is 1.37 bits per heavy atom. The maximum atomic E-state index is 10.7. The maximum Gasteiger partial charge on any atom is 0.273 e. The number of rotatable bonds is 4. The van der Waals surface area contributed by atoms with E-state index in [-0.39, 0.29) is 5.69 Å². The van der Waals surface area contributed by atoms with Gasteiger partial charge in [-0.1, -0.05) is 6.07 Å². The molecular weight excluding hydrogens is 314 g/mol. The molecule has 19 heavy (non-hydrogen) atoms. The number of pyridine rings is 1. The van der Waals surface area contributed by atoms with Crippen molar-refractivity contribution >= 4 is 27.4 Å². The predicted molar refractivity (Wildman–Crippen MR) is 74.7 cm³/mol. The number of nitro groups is 1. The van der Waals surface area contributed by atoms with Crippen LogP contribution in [0.4, 0.5) is 11.5 Å². The molecule has 98 valence electrons. The van der Waals surface area contributed by atoms with Crippen LogP contribution in [0.1, 0.15) is 0 Å². The number of hydrogen-bond acceptors (Lipinski definition) is 5. The summed E-state index contributed by atoms with van der Waals surface area (Å²) in [6, 6.07) is 9.54. The normalized spacial score (nSPS) is 10.0. The standard InChI is InChI=1S/C12H10BrN3O3/c1-14-11-3-2-4-12(15-11)19-10-7-8(16(17)18)5-6-9(10)13/h2-7H,1H3,(H,14,15). The van der Waals surface area contributed by atoms with E-state index in [1.54, 1.807) is 31.3 Å². The lowest BCUT2D eigenvalue weighted by Gasteiger charge is -2.07. The second-order valence-corrected chi connectivity index (χ2v) is 4.44. The largest absolute Gasteiger partial charge is 0.438 e. The van der Waals surface area contributed by atoms with Gasteiger partial charge in [-0.3, -0.25) is 10.1 Å². The second kappa shape index (κ2) is 5.66. The van der Waals surface area contributed by atoms with Gasteiger partial charge in [-0.15, -0.1) is 0 Å². The summed E-state index contributed by atoms with van der Waals surface area (Å²) in [6.45, 7) is 0. The van der Waals surface area contributed by atoms with Crippen LogP contribution in [0.5, 0.6) is 11.6 Å². The molecule has 0 atom stereocenters. The molecular formula is C12H10BrN3O3. The van der Waals surface area contributed by atoms with E-state index < -0.39 is 4.92 Å². The van der Waals surface area contributed by atoms with Crippen LogP contribution in [0.3, 0.4) is 0 Å². The van der Waals surface area contributed by atoms with E-state index in [0.29, 0.717) is 21.9 Å². The summed E-state index contributed by atoms with van der Waals surface area (Å²) in [4.78, 5) is 14.4. The van der Waals surface area contributed by atoms with Crippen LogP contribution in [0.25, 0.3) is 0 Å². The Kier molecular flexibility index (Phi) is 3.96. The molecule has 0 unspecified atom stereocenters. The number of ether oxygens (including phenoxy) is 1. The Morgan fingerprint density at radius 3 is 2.84 bits per heavy atom. The Morgan fingerprint density at radius 2 is 2.16 bits per heavy atom. The molecule has 1 aromatic carbocycles. The van der Waals surface area contributed by atoms with Gasteiger partial charge in [0.05, 0.1) is 15.5 Å². The van der Waals surface area contributed by atoms with Crippen LogP contribution in [-0.2, 0) is 0 Å². The first kappa shape index (κ1) is 13.3. The van der Waals surface area contributed by atoms with Gasteiger partial charge in [-0.25, -0.2) is 0 Å². The van der Waals surface area contributed by atoms with Crippen LogP contribution >= 0.6 is 15.9 Å². The van der Waals surface area contributed by atoms with Crippen LogP contribution in [0.2, 0.25) is 0 Å². The van der Waals surface area contributed by atoms with Gasteiger partial charge in [0.15, 0.2) is 5.75 Å². The van der Waals surface area contributed by atoms with E-state index in [2.05, 4.69) is 26.2 Å². The lowest BCUT2D eigenvalue weighted by molar-refractivity contribution is -0.384. The summed E-state index contributed by atoms with van der Waals surface area (Å²) in [5, 5.41) is 13.6. The molecule has 6 nitrogen and oxygen atoms in total. The Labute approximate surface area is 117 Å². The van der Waals surface area contributed by atoms with Gasteiger partial charge >= 0.3 is 0 Å². The summed E-state index contributed by atoms with van der Waals surface area (Å²) in [5.74, 6) is 1.35. The Bertz CT molecular complexity index is 619. The van der Waals surface area contributed by atoms with E-state index >= 15 is 0 Å². The van der Waals surface area contributed by atoms with Crippen LogP contribution in [0.15, 0.2) is 40.9 Å². The average molecular weight is 324 g/mol. The summed E-state index contributed by atoms with van der Waals surface area (Å²) in [7, 11) is 1.75. The summed E-state index contributed by atoms with van der Waals surface area (Å²) in [6.07, 6.45) is 0. The van der Waals surface area contributed by atoms with Crippen molar-refractivity contribution in [2.24, 2.45) is 0 Å². The first-order chi connectivity index (χ1) is 9.10. The molecule has 1 N–H and O–H groups in total. The van der Waals surface area contributed by atoms with Crippen molar-refractivity contribution in [1.29, 1.82) is 0 Å². The van der Waals surface area contributed by atoms with Gasteiger partial charge in [-0.05, 0) is 28.1 Å². The fraction of sp³-hybridized carbons (Fsp3) is 0.0833. The highest BCUT2D eigenvalue weighted by atomic mass is 79.9. The number of non-ortho nitro benzene ring substituents is 1. The lowest BCUT2D eigenvalue weighted by Crippen LogP contribution is -1.95. The lowest BCUT2D eigenvalue weighted by atomic mass is 10.3. The molecule has 0 radical (unpaired) electrons. The Balaban J connectivity index is 2.31. The number of benzene rings is 1. The predicted octanol–water partition coefficient (Wildman–Crippen LogP) is 3.59. The fourth-order valence-electron chi connectivity index (χ4n) is 1.41. The molecule has 2 aromatic rings. The third kappa shape index (κ3) is 3.19. The van der Waals surface area contributed by atoms with Crippen molar-refractivity contribution in [2.45, 2.75) is 0 Å². The fourth-order valence-corrected chi connectivity index (χ4v) is 1.73. The number of nitro benzene ring substituents is 1. The number of halogens is 1. The highest BCUT2D eigenvalue weighted by Gasteiger charge is 2.11. The van der Waals surface area contributed by atoms with Gasteiger partial charge in [0.1, 0.15) is 5.82 Å². The van der Waals surface area contributed by atoms with Gasteiger partial charge in [0.2, 0.25) is 5.88 Å². The zero-order chi connectivity index (χ0) is 13.8. The average Bonchev–Trinajstić information content (AvgIpc) is 2.41. The van der Waals surface area contributed by atoms with Crippen LogP contribution in [-0.4, -0.2) is 17.0 Å². The zero-order valence-corrected chi connectivity index (χ0v) is 11.5. The van der Waals surface area contributed by atoms with Crippen molar-refractivity contribution in [1.82, 2.24) is 4.98 Å². The molecule has 0 saturated carbocycles. The van der Waals surface area contributed by atoms with E-state index in [4.69, 9.17) is 4.74 Å². The number of nitrogens with zero attached hydrogens (tertiary/aromatic N) is 2. The smallest absolute Gasteiger partial charge is 0.273 e. The van der Waals surface area contributed by atoms with E-state index in [9.17, 15) is 10.1 Å². The minimum absolute atomic E-state index is 0.0389. The summed E-state index contributed by atoms with van der Waals surface area (Å²) >= 11 is 3.28. The minimum atomic E-state index is -0.475. The molecule has 0 aliphatic rings. The molecule has 7 heteroatoms. The van der Waals surface area contributed by atoms with E-state index in [1.807, 2.05) is 0 Å². The number of anilines is 1. The number of aromatic nitrogens is 1. The molecule has 0 aliphatic heterocycles. The van der Waals surface area contributed by atoms with Gasteiger partial charge in [0.25, 0.3) is 5.69 Å². The monoisotopic (exact) mass is 323 g/mol.